The van der Waals surface area contributed by atoms with Crippen LogP contribution in [0, 0.1) is 0 Å². The van der Waals surface area contributed by atoms with Gasteiger partial charge in [-0.3, -0.25) is 0 Å². The molecule has 0 aliphatic heterocycles. The lowest BCUT2D eigenvalue weighted by Crippen LogP contribution is -1.91. The van der Waals surface area contributed by atoms with E-state index in [1.54, 1.807) is 0 Å². The van der Waals surface area contributed by atoms with Crippen LogP contribution >= 0.6 is 0 Å². The van der Waals surface area contributed by atoms with Crippen molar-refractivity contribution < 1.29 is 34.3 Å². The fourth-order valence-electron chi connectivity index (χ4n) is 5.25. The van der Waals surface area contributed by atoms with E-state index in [9.17, 15) is 13.7 Å². The highest BCUT2D eigenvalue weighted by Gasteiger charge is 2.17. The van der Waals surface area contributed by atoms with Gasteiger partial charge in [0.05, 0.1) is 34.3 Å². The van der Waals surface area contributed by atoms with Crippen LogP contribution in [0.1, 0.15) is 34.3 Å². The van der Waals surface area contributed by atoms with Gasteiger partial charge in [-0.15, -0.1) is 0 Å². The third-order valence-electron chi connectivity index (χ3n) is 7.08. The van der Waals surface area contributed by atoms with Crippen LogP contribution in [0.3, 0.4) is 0 Å². The fourth-order valence-corrected chi connectivity index (χ4v) is 5.25. The lowest BCUT2D eigenvalue weighted by molar-refractivity contribution is 1.69. The SMILES string of the molecule is [2H]c1cc2c(c([2H])c1[2H])c([2H])c([2H])c1c([2H])c([2H])c(-c3c4c([2H])c([2H])c([2H])c([2H])c4c(-c4c([2H])c([2H])c5c(c4[2H])c([2H])c([2H])c4c([2H])c([2H])c([2H])c([2H])c45)c4c([2H])c([2H])c([2H])c([2H])c34)c([2H])c12. The first-order chi connectivity index (χ1) is 31.3. The van der Waals surface area contributed by atoms with Gasteiger partial charge in [-0.2, -0.15) is 0 Å². The molecule has 0 spiro atoms. The Kier molecular flexibility index (Phi) is 2.05. The molecule has 0 N–H and O–H groups in total. The molecular formula is C42H26. The monoisotopic (exact) mass is 555 g/mol. The number of fused-ring (bicyclic) bond motifs is 8. The molecule has 0 bridgehead atoms. The molecule has 0 unspecified atom stereocenters. The maximum atomic E-state index is 9.75. The van der Waals surface area contributed by atoms with Crippen molar-refractivity contribution in [3.8, 4) is 22.3 Å². The van der Waals surface area contributed by atoms with Gasteiger partial charge in [-0.25, -0.2) is 0 Å². The molecule has 0 radical (unpaired) electrons. The van der Waals surface area contributed by atoms with E-state index in [0.29, 0.717) is 0 Å². The lowest BCUT2D eigenvalue weighted by Gasteiger charge is -2.18. The van der Waals surface area contributed by atoms with Crippen LogP contribution in [0.25, 0.3) is 86.9 Å². The minimum atomic E-state index is -0.966. The molecule has 0 atom stereocenters. The molecule has 0 aliphatic carbocycles. The van der Waals surface area contributed by atoms with Crippen LogP contribution in [0.2, 0.25) is 0 Å². The summed E-state index contributed by atoms with van der Waals surface area (Å²) in [5, 5.41) is -6.31. The van der Waals surface area contributed by atoms with Gasteiger partial charge in [0.15, 0.2) is 0 Å². The van der Waals surface area contributed by atoms with Crippen LogP contribution in [0.15, 0.2) is 157 Å². The molecular weight excluding hydrogens is 504 g/mol. The molecule has 0 heteroatoms. The maximum Gasteiger partial charge on any atom is 0.0636 e. The van der Waals surface area contributed by atoms with Gasteiger partial charge in [0, 0.05) is 0 Å². The average Bonchev–Trinajstić information content (AvgIpc) is 3.29. The summed E-state index contributed by atoms with van der Waals surface area (Å²) < 4.78 is 224. The largest absolute Gasteiger partial charge is 0.0636 e. The molecule has 9 aromatic carbocycles. The highest BCUT2D eigenvalue weighted by Crippen LogP contribution is 2.45. The third-order valence-corrected chi connectivity index (χ3v) is 7.08. The molecule has 9 rings (SSSR count). The summed E-state index contributed by atoms with van der Waals surface area (Å²) in [5.41, 5.74) is -2.79. The summed E-state index contributed by atoms with van der Waals surface area (Å²) in [6.07, 6.45) is 0. The molecule has 0 nitrogen and oxygen atoms in total. The highest BCUT2D eigenvalue weighted by atomic mass is 14.2. The summed E-state index contributed by atoms with van der Waals surface area (Å²) in [5.74, 6) is 0. The van der Waals surface area contributed by atoms with Gasteiger partial charge in [0.1, 0.15) is 0 Å². The predicted molar refractivity (Wildman–Crippen MR) is 182 cm³/mol. The smallest absolute Gasteiger partial charge is 0.0616 e. The van der Waals surface area contributed by atoms with Gasteiger partial charge < -0.3 is 0 Å². The number of hydrogen-bond donors (Lipinski definition) is 0. The Morgan fingerprint density at radius 3 is 1.38 bits per heavy atom. The van der Waals surface area contributed by atoms with Crippen LogP contribution in [-0.4, -0.2) is 0 Å². The normalized spacial score (nSPS) is 20.1. The molecule has 194 valence electrons. The van der Waals surface area contributed by atoms with Crippen molar-refractivity contribution in [3.63, 3.8) is 0 Å². The first-order valence-electron chi connectivity index (χ1n) is 25.1. The maximum absolute atomic E-state index is 9.75. The molecule has 0 amide bonds. The standard InChI is InChI=1S/C42H26/c1-3-11-33-27(9-1)19-21-30-25-31(23-24-35(30)33)41-36-13-5-7-15-38(36)42(39-16-8-6-14-37(39)41)32-22-20-29-18-17-28-10-2-4-12-34(28)40(29)26-32/h1-26H/i1D,2D,3D,4D,5D,6D,7D,8D,9D,10D,11D,13D,14D,15D,16D,17D,18D,19D,20D,21D,22D,23D,24D,25D,26D. The summed E-state index contributed by atoms with van der Waals surface area (Å²) in [6, 6.07) is -19.8. The van der Waals surface area contributed by atoms with E-state index < -0.39 is 227 Å². The van der Waals surface area contributed by atoms with E-state index in [2.05, 4.69) is 0 Å². The Hall–Kier alpha value is -5.46. The second-order valence-electron chi connectivity index (χ2n) is 9.33. The molecule has 0 saturated heterocycles. The fraction of sp³-hybridized carbons (Fsp3) is 0. The molecule has 9 aromatic rings. The Morgan fingerprint density at radius 2 is 0.714 bits per heavy atom. The van der Waals surface area contributed by atoms with Crippen LogP contribution in [0.4, 0.5) is 0 Å². The molecule has 0 aliphatic rings. The van der Waals surface area contributed by atoms with Crippen molar-refractivity contribution in [1.29, 1.82) is 0 Å². The van der Waals surface area contributed by atoms with Crippen LogP contribution < -0.4 is 0 Å². The zero-order chi connectivity index (χ0) is 49.4. The summed E-state index contributed by atoms with van der Waals surface area (Å²) in [4.78, 5) is 0. The molecule has 42 heavy (non-hydrogen) atoms. The lowest BCUT2D eigenvalue weighted by atomic mass is 9.85. The molecule has 0 aromatic heterocycles. The van der Waals surface area contributed by atoms with E-state index in [4.69, 9.17) is 20.6 Å². The van der Waals surface area contributed by atoms with E-state index in [0.717, 1.165) is 6.07 Å². The zero-order valence-corrected chi connectivity index (χ0v) is 21.1. The second kappa shape index (κ2) is 9.03. The number of benzene rings is 9. The zero-order valence-electron chi connectivity index (χ0n) is 46.1. The molecule has 0 saturated carbocycles. The van der Waals surface area contributed by atoms with Gasteiger partial charge in [0.25, 0.3) is 0 Å². The van der Waals surface area contributed by atoms with E-state index >= 15 is 0 Å². The van der Waals surface area contributed by atoms with Gasteiger partial charge in [-0.1, -0.05) is 145 Å². The minimum Gasteiger partial charge on any atom is -0.0616 e. The Morgan fingerprint density at radius 1 is 0.286 bits per heavy atom. The minimum absolute atomic E-state index is 0.245. The first-order valence-corrected chi connectivity index (χ1v) is 12.6. The predicted octanol–water partition coefficient (Wildman–Crippen LogP) is 11.9. The number of hydrogen-bond acceptors (Lipinski definition) is 0. The second-order valence-corrected chi connectivity index (χ2v) is 9.33. The van der Waals surface area contributed by atoms with Crippen LogP contribution in [-0.2, 0) is 0 Å². The third kappa shape index (κ3) is 3.42. The van der Waals surface area contributed by atoms with Crippen molar-refractivity contribution in [1.82, 2.24) is 0 Å². The van der Waals surface area contributed by atoms with Crippen molar-refractivity contribution in [2.24, 2.45) is 0 Å². The summed E-state index contributed by atoms with van der Waals surface area (Å²) >= 11 is 0. The Bertz CT molecular complexity index is 3830. The van der Waals surface area contributed by atoms with Crippen molar-refractivity contribution in [2.75, 3.05) is 0 Å². The summed E-state index contributed by atoms with van der Waals surface area (Å²) in [6.45, 7) is 0. The topological polar surface area (TPSA) is 0 Å². The van der Waals surface area contributed by atoms with Crippen molar-refractivity contribution >= 4 is 64.6 Å². The molecule has 0 heterocycles. The summed E-state index contributed by atoms with van der Waals surface area (Å²) in [7, 11) is 0. The Labute approximate surface area is 279 Å². The highest BCUT2D eigenvalue weighted by molar-refractivity contribution is 6.23. The average molecular weight is 556 g/mol. The Balaban J connectivity index is 1.63. The van der Waals surface area contributed by atoms with Crippen molar-refractivity contribution in [2.45, 2.75) is 0 Å². The van der Waals surface area contributed by atoms with E-state index in [1.165, 1.54) is 0 Å². The first kappa shape index (κ1) is 9.54. The number of rotatable bonds is 2. The van der Waals surface area contributed by atoms with Gasteiger partial charge >= 0.3 is 0 Å². The van der Waals surface area contributed by atoms with E-state index in [1.807, 2.05) is 0 Å². The van der Waals surface area contributed by atoms with Gasteiger partial charge in [0.2, 0.25) is 0 Å². The van der Waals surface area contributed by atoms with E-state index in [-0.39, 0.29) is 10.8 Å². The van der Waals surface area contributed by atoms with Crippen LogP contribution in [0.5, 0.6) is 0 Å². The van der Waals surface area contributed by atoms with Gasteiger partial charge in [-0.05, 0) is 99.0 Å². The van der Waals surface area contributed by atoms with Crippen molar-refractivity contribution in [3.05, 3.63) is 157 Å². The molecule has 0 fully saturated rings. The quantitative estimate of drug-likeness (QED) is 0.147.